The molecule has 1 amide bonds. The zero-order chi connectivity index (χ0) is 26.6. The molecule has 37 heavy (non-hydrogen) atoms. The topological polar surface area (TPSA) is 99.9 Å². The summed E-state index contributed by atoms with van der Waals surface area (Å²) in [7, 11) is 0. The van der Waals surface area contributed by atoms with Crippen molar-refractivity contribution < 1.29 is 32.9 Å². The lowest BCUT2D eigenvalue weighted by Crippen LogP contribution is -2.50. The lowest BCUT2D eigenvalue weighted by atomic mass is 9.81. The molecule has 1 spiro atoms. The first-order chi connectivity index (χ1) is 17.4. The first kappa shape index (κ1) is 26.6. The molecule has 1 saturated heterocycles. The van der Waals surface area contributed by atoms with Gasteiger partial charge in [0.2, 0.25) is 0 Å². The maximum atomic E-state index is 13.7. The number of carbonyl (C=O) groups excluding carboxylic acids is 1. The van der Waals surface area contributed by atoms with Crippen LogP contribution in [0.4, 0.5) is 13.2 Å². The Morgan fingerprint density at radius 1 is 1.38 bits per heavy atom. The van der Waals surface area contributed by atoms with Crippen LogP contribution in [0, 0.1) is 0 Å². The summed E-state index contributed by atoms with van der Waals surface area (Å²) in [5.74, 6) is -0.402. The third-order valence-corrected chi connectivity index (χ3v) is 9.18. The highest BCUT2D eigenvalue weighted by atomic mass is 32.1. The molecule has 0 radical (unpaired) electrons. The van der Waals surface area contributed by atoms with Crippen molar-refractivity contribution in [3.8, 4) is 0 Å². The molecule has 2 aromatic heterocycles. The van der Waals surface area contributed by atoms with Gasteiger partial charge in [-0.1, -0.05) is 0 Å². The molecule has 1 aliphatic carbocycles. The summed E-state index contributed by atoms with van der Waals surface area (Å²) in [4.78, 5) is 14.5. The SMILES string of the molecule is C[C@H]1C[C@@]2(CCN1Cc1cnn(CC(C)(O)C(=O)NC3CC3)c1)OCCc1c2sc(C(F)(F)F)c1CO. The van der Waals surface area contributed by atoms with Gasteiger partial charge in [-0.05, 0) is 51.5 Å². The van der Waals surface area contributed by atoms with Crippen LogP contribution in [0.25, 0.3) is 0 Å². The Morgan fingerprint density at radius 3 is 2.78 bits per heavy atom. The molecule has 3 atom stereocenters. The number of hydrogen-bond donors (Lipinski definition) is 3. The molecule has 3 aliphatic rings. The first-order valence-electron chi connectivity index (χ1n) is 12.7. The number of nitrogens with one attached hydrogen (secondary N) is 1. The van der Waals surface area contributed by atoms with Gasteiger partial charge in [0.1, 0.15) is 10.5 Å². The third kappa shape index (κ3) is 5.31. The van der Waals surface area contributed by atoms with E-state index in [1.165, 1.54) is 6.92 Å². The van der Waals surface area contributed by atoms with Crippen LogP contribution in [0.3, 0.4) is 0 Å². The summed E-state index contributed by atoms with van der Waals surface area (Å²) < 4.78 is 48.8. The number of carbonyl (C=O) groups is 1. The Hall–Kier alpha value is -1.99. The van der Waals surface area contributed by atoms with E-state index in [1.54, 1.807) is 10.9 Å². The van der Waals surface area contributed by atoms with E-state index in [9.17, 15) is 28.2 Å². The van der Waals surface area contributed by atoms with E-state index in [-0.39, 0.29) is 24.2 Å². The van der Waals surface area contributed by atoms with E-state index in [4.69, 9.17) is 4.74 Å². The minimum absolute atomic E-state index is 0.000585. The Morgan fingerprint density at radius 2 is 2.14 bits per heavy atom. The van der Waals surface area contributed by atoms with E-state index in [0.29, 0.717) is 49.4 Å². The quantitative estimate of drug-likeness (QED) is 0.498. The normalized spacial score (nSPS) is 26.2. The summed E-state index contributed by atoms with van der Waals surface area (Å²) in [5, 5.41) is 27.5. The molecule has 2 aromatic rings. The van der Waals surface area contributed by atoms with Crippen LogP contribution in [0.15, 0.2) is 12.4 Å². The lowest BCUT2D eigenvalue weighted by Gasteiger charge is -2.47. The Balaban J connectivity index is 1.26. The standard InChI is InChI=1S/C25H33F3N4O4S/c1-15-9-24(20-18(5-8-36-24)19(13-33)21(37-20)25(26,27)28)6-7-31(15)11-16-10-29-32(12-16)14-23(2,35)22(34)30-17-3-4-17/h10,12,15,17,33,35H,3-9,11,13-14H2,1-2H3,(H,30,34)/t15-,23?,24+/m0/s1. The summed E-state index contributed by atoms with van der Waals surface area (Å²) in [6.45, 7) is 4.48. The van der Waals surface area contributed by atoms with Gasteiger partial charge in [-0.25, -0.2) is 0 Å². The van der Waals surface area contributed by atoms with Crippen LogP contribution in [0.2, 0.25) is 0 Å². The summed E-state index contributed by atoms with van der Waals surface area (Å²) in [5.41, 5.74) is -0.829. The molecule has 5 rings (SSSR count). The number of aliphatic hydroxyl groups excluding tert-OH is 1. The van der Waals surface area contributed by atoms with Crippen molar-refractivity contribution in [1.82, 2.24) is 20.0 Å². The van der Waals surface area contributed by atoms with Crippen molar-refractivity contribution in [1.29, 1.82) is 0 Å². The number of ether oxygens (including phenoxy) is 1. The molecule has 0 aromatic carbocycles. The molecular formula is C25H33F3N4O4S. The number of hydrogen-bond acceptors (Lipinski definition) is 7. The Kier molecular flexibility index (Phi) is 6.93. The molecule has 2 aliphatic heterocycles. The number of halogens is 3. The number of thiophene rings is 1. The van der Waals surface area contributed by atoms with Gasteiger partial charge in [-0.3, -0.25) is 14.4 Å². The first-order valence-corrected chi connectivity index (χ1v) is 13.5. The molecule has 8 nitrogen and oxygen atoms in total. The van der Waals surface area contributed by atoms with Gasteiger partial charge < -0.3 is 20.3 Å². The van der Waals surface area contributed by atoms with Crippen molar-refractivity contribution >= 4 is 17.2 Å². The maximum Gasteiger partial charge on any atom is 0.425 e. The fourth-order valence-electron chi connectivity index (χ4n) is 5.53. The van der Waals surface area contributed by atoms with Crippen molar-refractivity contribution in [3.63, 3.8) is 0 Å². The van der Waals surface area contributed by atoms with Gasteiger partial charge in [0, 0.05) is 47.4 Å². The number of likely N-dealkylation sites (tertiary alicyclic amines) is 1. The highest BCUT2D eigenvalue weighted by molar-refractivity contribution is 7.12. The number of alkyl halides is 3. The second-order valence-corrected chi connectivity index (χ2v) is 11.8. The van der Waals surface area contributed by atoms with Gasteiger partial charge in [-0.2, -0.15) is 18.3 Å². The zero-order valence-electron chi connectivity index (χ0n) is 21.0. The molecule has 2 fully saturated rings. The average molecular weight is 543 g/mol. The zero-order valence-corrected chi connectivity index (χ0v) is 21.8. The molecule has 204 valence electrons. The number of piperidine rings is 1. The van der Waals surface area contributed by atoms with E-state index >= 15 is 0 Å². The molecule has 0 bridgehead atoms. The van der Waals surface area contributed by atoms with Crippen molar-refractivity contribution in [2.24, 2.45) is 0 Å². The highest BCUT2D eigenvalue weighted by Gasteiger charge is 2.48. The van der Waals surface area contributed by atoms with Crippen LogP contribution in [-0.2, 0) is 47.4 Å². The van der Waals surface area contributed by atoms with Crippen molar-refractivity contribution in [2.75, 3.05) is 13.2 Å². The van der Waals surface area contributed by atoms with Crippen molar-refractivity contribution in [3.05, 3.63) is 38.8 Å². The van der Waals surface area contributed by atoms with Crippen LogP contribution < -0.4 is 5.32 Å². The van der Waals surface area contributed by atoms with E-state index < -0.39 is 34.8 Å². The molecule has 12 heteroatoms. The van der Waals surface area contributed by atoms with E-state index in [2.05, 4.69) is 15.3 Å². The van der Waals surface area contributed by atoms with Crippen LogP contribution in [-0.4, -0.2) is 61.6 Å². The number of nitrogens with zero attached hydrogens (tertiary/aromatic N) is 3. The van der Waals surface area contributed by atoms with Crippen LogP contribution >= 0.6 is 11.3 Å². The predicted molar refractivity (Wildman–Crippen MR) is 130 cm³/mol. The lowest BCUT2D eigenvalue weighted by molar-refractivity contribution is -0.139. The van der Waals surface area contributed by atoms with Crippen molar-refractivity contribution in [2.45, 2.75) is 95.1 Å². The number of aromatic nitrogens is 2. The molecule has 1 saturated carbocycles. The fourth-order valence-corrected chi connectivity index (χ4v) is 6.94. The molecule has 3 N–H and O–H groups in total. The smallest absolute Gasteiger partial charge is 0.392 e. The minimum Gasteiger partial charge on any atom is -0.392 e. The predicted octanol–water partition coefficient (Wildman–Crippen LogP) is 2.94. The van der Waals surface area contributed by atoms with E-state index in [1.807, 2.05) is 13.1 Å². The Labute approximate surface area is 217 Å². The largest absolute Gasteiger partial charge is 0.425 e. The molecule has 4 heterocycles. The average Bonchev–Trinajstić information content (AvgIpc) is 3.37. The second-order valence-electron chi connectivity index (χ2n) is 10.8. The number of fused-ring (bicyclic) bond motifs is 2. The molecule has 1 unspecified atom stereocenters. The fraction of sp³-hybridized carbons (Fsp3) is 0.680. The van der Waals surface area contributed by atoms with Gasteiger partial charge in [0.15, 0.2) is 5.60 Å². The van der Waals surface area contributed by atoms with E-state index in [0.717, 1.165) is 29.7 Å². The van der Waals surface area contributed by atoms with Crippen LogP contribution in [0.5, 0.6) is 0 Å². The summed E-state index contributed by atoms with van der Waals surface area (Å²) in [6.07, 6.45) is 2.37. The van der Waals surface area contributed by atoms with Gasteiger partial charge in [-0.15, -0.1) is 11.3 Å². The number of aliphatic hydroxyl groups is 2. The number of amides is 1. The van der Waals surface area contributed by atoms with Gasteiger partial charge in [0.25, 0.3) is 5.91 Å². The Bertz CT molecular complexity index is 1160. The third-order valence-electron chi connectivity index (χ3n) is 7.67. The monoisotopic (exact) mass is 542 g/mol. The maximum absolute atomic E-state index is 13.7. The van der Waals surface area contributed by atoms with Gasteiger partial charge in [0.05, 0.1) is 26.0 Å². The second kappa shape index (κ2) is 9.64. The van der Waals surface area contributed by atoms with Gasteiger partial charge >= 0.3 is 6.18 Å². The summed E-state index contributed by atoms with van der Waals surface area (Å²) in [6, 6.07) is 0.189. The summed E-state index contributed by atoms with van der Waals surface area (Å²) >= 11 is 0.726. The molecular weight excluding hydrogens is 509 g/mol. The number of rotatable bonds is 7. The minimum atomic E-state index is -4.50. The van der Waals surface area contributed by atoms with Crippen LogP contribution in [0.1, 0.15) is 66.0 Å². The highest BCUT2D eigenvalue weighted by Crippen LogP contribution is 2.51.